The third-order valence-corrected chi connectivity index (χ3v) is 0. The van der Waals surface area contributed by atoms with E-state index in [1.807, 2.05) is 0 Å². The zero-order valence-corrected chi connectivity index (χ0v) is 8.18. The van der Waals surface area contributed by atoms with Crippen LogP contribution in [0.1, 0.15) is 0 Å². The van der Waals surface area contributed by atoms with Crippen LogP contribution in [0.3, 0.4) is 0 Å². The Balaban J connectivity index is -0.0000000910. The van der Waals surface area contributed by atoms with Crippen molar-refractivity contribution in [1.29, 1.82) is 0 Å². The van der Waals surface area contributed by atoms with Gasteiger partial charge in [0.05, 0.1) is 0 Å². The van der Waals surface area contributed by atoms with Crippen LogP contribution in [-0.4, -0.2) is 34.6 Å². The van der Waals surface area contributed by atoms with Gasteiger partial charge in [-0.2, -0.15) is 0 Å². The van der Waals surface area contributed by atoms with Gasteiger partial charge < -0.3 is 30.0 Å². The first-order chi connectivity index (χ1) is 3.73. The molecule has 0 bridgehead atoms. The number of hydrogen-bond acceptors (Lipinski definition) is 5. The smallest absolute Gasteiger partial charge is 0.794 e. The van der Waals surface area contributed by atoms with Crippen LogP contribution < -0.4 is 40.1 Å². The van der Waals surface area contributed by atoms with E-state index in [1.54, 1.807) is 0 Å². The number of hydrogen-bond donors (Lipinski definition) is 5. The molecule has 0 aromatic carbocycles. The molecule has 0 fully saturated rings. The Morgan fingerprint density at radius 2 is 1.40 bits per heavy atom. The molecular formula is CH6NNaO6Si. The van der Waals surface area contributed by atoms with E-state index in [0.717, 1.165) is 0 Å². The molecule has 1 amide bonds. The molecule has 6 N–H and O–H groups in total. The fraction of sp³-hybridized carbons (Fsp3) is 0. The van der Waals surface area contributed by atoms with Crippen LogP contribution in [0, 0.1) is 0 Å². The number of amides is 1. The average molecular weight is 179 g/mol. The van der Waals surface area contributed by atoms with Crippen LogP contribution in [-0.2, 0) is 0 Å². The second-order valence-corrected chi connectivity index (χ2v) is 2.06. The molecule has 9 heteroatoms. The largest absolute Gasteiger partial charge is 1.00 e. The van der Waals surface area contributed by atoms with Crippen LogP contribution in [0.5, 0.6) is 0 Å². The second kappa shape index (κ2) is 7.43. The van der Waals surface area contributed by atoms with Crippen molar-refractivity contribution in [1.82, 2.24) is 0 Å². The first kappa shape index (κ1) is 16.7. The average Bonchev–Trinajstić information content (AvgIpc) is 1.19. The molecule has 0 aromatic heterocycles. The summed E-state index contributed by atoms with van der Waals surface area (Å²) in [6.45, 7) is 0. The van der Waals surface area contributed by atoms with Gasteiger partial charge in [-0.15, -0.1) is 0 Å². The van der Waals surface area contributed by atoms with Crippen LogP contribution in [0.2, 0.25) is 0 Å². The maximum absolute atomic E-state index is 8.91. The summed E-state index contributed by atoms with van der Waals surface area (Å²) in [5, 5.41) is 7.19. The topological polar surface area (TPSA) is 147 Å². The Bertz CT molecular complexity index is 80.2. The number of nitrogens with two attached hydrogens (primary N) is 1. The molecule has 0 rings (SSSR count). The molecule has 0 radical (unpaired) electrons. The Kier molecular flexibility index (Phi) is 12.4. The fourth-order valence-electron chi connectivity index (χ4n) is 0. The summed E-state index contributed by atoms with van der Waals surface area (Å²) in [7, 11) is -4.86. The molecule has 0 saturated carbocycles. The normalized spacial score (nSPS) is 8.40. The van der Waals surface area contributed by atoms with Gasteiger partial charge in [0.25, 0.3) is 0 Å². The summed E-state index contributed by atoms with van der Waals surface area (Å²) < 4.78 is 0. The Hall–Kier alpha value is 0.327. The zero-order chi connectivity index (χ0) is 8.08. The SMILES string of the molecule is NC(=O)O.[Na+].[O-][Si](O)(O)O. The maximum atomic E-state index is 8.91. The first-order valence-corrected chi connectivity index (χ1v) is 3.34. The van der Waals surface area contributed by atoms with Crippen LogP contribution in [0.25, 0.3) is 0 Å². The summed E-state index contributed by atoms with van der Waals surface area (Å²) in [6, 6.07) is 0. The van der Waals surface area contributed by atoms with Crippen molar-refractivity contribution in [3.05, 3.63) is 0 Å². The molecule has 10 heavy (non-hydrogen) atoms. The molecule has 56 valence electrons. The molecule has 7 nitrogen and oxygen atoms in total. The third-order valence-electron chi connectivity index (χ3n) is 0. The standard InChI is InChI=1S/CH3NO2.Na.H3O4Si/c2-1(3)4;;1-5(2,3)4/h2H2,(H,3,4);;1-3H/q;+1;-1. The number of rotatable bonds is 0. The van der Waals surface area contributed by atoms with Crippen LogP contribution in [0.15, 0.2) is 0 Å². The van der Waals surface area contributed by atoms with E-state index in [2.05, 4.69) is 5.73 Å². The van der Waals surface area contributed by atoms with E-state index in [4.69, 9.17) is 29.1 Å². The van der Waals surface area contributed by atoms with Crippen molar-refractivity contribution in [3.63, 3.8) is 0 Å². The van der Waals surface area contributed by atoms with E-state index >= 15 is 0 Å². The van der Waals surface area contributed by atoms with E-state index in [-0.39, 0.29) is 29.6 Å². The Labute approximate surface area is 79.5 Å². The molecule has 0 aliphatic heterocycles. The van der Waals surface area contributed by atoms with Crippen molar-refractivity contribution in [3.8, 4) is 0 Å². The van der Waals surface area contributed by atoms with Gasteiger partial charge in [-0.05, 0) is 0 Å². The fourth-order valence-corrected chi connectivity index (χ4v) is 0. The minimum atomic E-state index is -4.86. The second-order valence-electron chi connectivity index (χ2n) is 0.912. The van der Waals surface area contributed by atoms with Crippen LogP contribution in [0.4, 0.5) is 4.79 Å². The van der Waals surface area contributed by atoms with Gasteiger partial charge in [0.1, 0.15) is 0 Å². The van der Waals surface area contributed by atoms with E-state index in [9.17, 15) is 0 Å². The van der Waals surface area contributed by atoms with Crippen LogP contribution >= 0.6 is 0 Å². The zero-order valence-electron chi connectivity index (χ0n) is 5.18. The third kappa shape index (κ3) is 4180. The van der Waals surface area contributed by atoms with Gasteiger partial charge in [-0.1, -0.05) is 0 Å². The van der Waals surface area contributed by atoms with Crippen molar-refractivity contribution in [2.24, 2.45) is 5.73 Å². The number of primary amides is 1. The predicted molar refractivity (Wildman–Crippen MR) is 24.6 cm³/mol. The van der Waals surface area contributed by atoms with Gasteiger partial charge in [0.15, 0.2) is 0 Å². The predicted octanol–water partition coefficient (Wildman–Crippen LogP) is -6.61. The van der Waals surface area contributed by atoms with Crippen molar-refractivity contribution < 1.29 is 58.6 Å². The van der Waals surface area contributed by atoms with Gasteiger partial charge in [-0.3, -0.25) is 0 Å². The molecule has 0 aromatic rings. The minimum Gasteiger partial charge on any atom is -0.794 e. The van der Waals surface area contributed by atoms with E-state index < -0.39 is 15.1 Å². The summed E-state index contributed by atoms with van der Waals surface area (Å²) in [5.74, 6) is 0. The summed E-state index contributed by atoms with van der Waals surface area (Å²) >= 11 is 0. The molecule has 0 aliphatic carbocycles. The molecule has 0 saturated heterocycles. The van der Waals surface area contributed by atoms with Gasteiger partial charge in [0.2, 0.25) is 0 Å². The number of carbonyl (C=O) groups is 1. The summed E-state index contributed by atoms with van der Waals surface area (Å²) in [4.78, 5) is 39.3. The van der Waals surface area contributed by atoms with Gasteiger partial charge in [0, 0.05) is 0 Å². The molecule has 0 atom stereocenters. The monoisotopic (exact) mass is 179 g/mol. The first-order valence-electron chi connectivity index (χ1n) is 1.59. The molecule has 0 unspecified atom stereocenters. The van der Waals surface area contributed by atoms with Crippen molar-refractivity contribution in [2.45, 2.75) is 0 Å². The van der Waals surface area contributed by atoms with E-state index in [1.165, 1.54) is 0 Å². The molecule has 0 aliphatic rings. The Morgan fingerprint density at radius 3 is 1.40 bits per heavy atom. The maximum Gasteiger partial charge on any atom is 1.00 e. The molecule has 0 heterocycles. The van der Waals surface area contributed by atoms with Gasteiger partial charge >= 0.3 is 44.7 Å². The molecular weight excluding hydrogens is 173 g/mol. The summed E-state index contributed by atoms with van der Waals surface area (Å²) in [5.41, 5.74) is 4.03. The van der Waals surface area contributed by atoms with Gasteiger partial charge in [-0.25, -0.2) is 4.79 Å². The minimum absolute atomic E-state index is 0. The van der Waals surface area contributed by atoms with Crippen molar-refractivity contribution in [2.75, 3.05) is 0 Å². The summed E-state index contributed by atoms with van der Waals surface area (Å²) in [6.07, 6.45) is -1.33. The Morgan fingerprint density at radius 1 is 1.40 bits per heavy atom. The van der Waals surface area contributed by atoms with E-state index in [0.29, 0.717) is 0 Å². The van der Waals surface area contributed by atoms with Crippen molar-refractivity contribution >= 4 is 15.1 Å². The quantitative estimate of drug-likeness (QED) is 0.233. The molecule has 0 spiro atoms. The number of carboxylic acid groups (broad SMARTS) is 1.